The Morgan fingerprint density at radius 2 is 1.85 bits per heavy atom. The van der Waals surface area contributed by atoms with Gasteiger partial charge in [0.15, 0.2) is 12.7 Å². The number of hydrogen-bond donors (Lipinski definition) is 1. The first-order valence-corrected chi connectivity index (χ1v) is 11.2. The van der Waals surface area contributed by atoms with E-state index in [1.54, 1.807) is 25.1 Å². The van der Waals surface area contributed by atoms with E-state index < -0.39 is 24.6 Å². The van der Waals surface area contributed by atoms with Gasteiger partial charge in [0.2, 0.25) is 0 Å². The number of carbonyl (C=O) groups excluding carboxylic acids is 3. The van der Waals surface area contributed by atoms with Gasteiger partial charge in [0.25, 0.3) is 11.8 Å². The molecule has 0 saturated carbocycles. The maximum atomic E-state index is 12.5. The van der Waals surface area contributed by atoms with Crippen LogP contribution in [0.25, 0.3) is 0 Å². The number of carbonyl (C=O) groups is 3. The van der Waals surface area contributed by atoms with Crippen molar-refractivity contribution in [1.29, 1.82) is 0 Å². The van der Waals surface area contributed by atoms with Crippen molar-refractivity contribution in [2.24, 2.45) is 0 Å². The molecule has 0 fully saturated rings. The number of hydrogen-bond acceptors (Lipinski definition) is 6. The summed E-state index contributed by atoms with van der Waals surface area (Å²) in [5, 5.41) is 2.73. The summed E-state index contributed by atoms with van der Waals surface area (Å²) < 4.78 is 10.7. The molecule has 0 bridgehead atoms. The monoisotopic (exact) mass is 453 g/mol. The van der Waals surface area contributed by atoms with E-state index >= 15 is 0 Å². The first-order chi connectivity index (χ1) is 15.8. The van der Waals surface area contributed by atoms with Crippen molar-refractivity contribution in [2.45, 2.75) is 46.3 Å². The average molecular weight is 454 g/mol. The van der Waals surface area contributed by atoms with Gasteiger partial charge < -0.3 is 24.6 Å². The van der Waals surface area contributed by atoms with Crippen LogP contribution in [0.2, 0.25) is 0 Å². The largest absolute Gasteiger partial charge is 0.479 e. The molecule has 176 valence electrons. The van der Waals surface area contributed by atoms with Crippen LogP contribution in [0.4, 0.5) is 17.1 Å². The molecule has 0 radical (unpaired) electrons. The number of esters is 1. The third kappa shape index (κ3) is 6.03. The zero-order chi connectivity index (χ0) is 24.0. The molecule has 1 atom stereocenters. The number of amides is 2. The first-order valence-electron chi connectivity index (χ1n) is 11.2. The Balaban J connectivity index is 1.47. The van der Waals surface area contributed by atoms with Gasteiger partial charge in [0, 0.05) is 30.5 Å². The Bertz CT molecular complexity index is 990. The summed E-state index contributed by atoms with van der Waals surface area (Å²) in [7, 11) is 0. The van der Waals surface area contributed by atoms with Crippen LogP contribution < -0.4 is 19.9 Å². The standard InChI is InChI=1S/C25H31N3O5/c1-5-27(17(2)3)20-12-10-19(11-13-20)26-23(29)16-32-24(30)14-15-28-21-8-6-7-9-22(21)33-18(4)25(28)31/h6-13,17-18H,5,14-16H2,1-4H3,(H,26,29). The number of ether oxygens (including phenoxy) is 2. The molecule has 1 heterocycles. The van der Waals surface area contributed by atoms with E-state index in [1.165, 1.54) is 4.90 Å². The summed E-state index contributed by atoms with van der Waals surface area (Å²) in [4.78, 5) is 40.6. The molecule has 0 aromatic heterocycles. The fraction of sp³-hybridized carbons (Fsp3) is 0.400. The van der Waals surface area contributed by atoms with Crippen molar-refractivity contribution in [2.75, 3.05) is 34.8 Å². The smallest absolute Gasteiger partial charge is 0.308 e. The fourth-order valence-corrected chi connectivity index (χ4v) is 3.79. The summed E-state index contributed by atoms with van der Waals surface area (Å²) in [6.07, 6.45) is -0.658. The van der Waals surface area contributed by atoms with Crippen molar-refractivity contribution >= 4 is 34.8 Å². The van der Waals surface area contributed by atoms with E-state index in [-0.39, 0.29) is 18.9 Å². The Morgan fingerprint density at radius 3 is 2.52 bits per heavy atom. The second kappa shape index (κ2) is 10.8. The lowest BCUT2D eigenvalue weighted by atomic mass is 10.2. The minimum atomic E-state index is -0.627. The van der Waals surface area contributed by atoms with Crippen LogP contribution in [0, 0.1) is 0 Å². The number of anilines is 3. The van der Waals surface area contributed by atoms with Crippen molar-refractivity contribution < 1.29 is 23.9 Å². The Morgan fingerprint density at radius 1 is 1.15 bits per heavy atom. The number of para-hydroxylation sites is 2. The van der Waals surface area contributed by atoms with Gasteiger partial charge in [-0.2, -0.15) is 0 Å². The summed E-state index contributed by atoms with van der Waals surface area (Å²) in [5.74, 6) is -0.602. The molecule has 1 aliphatic heterocycles. The Kier molecular flexibility index (Phi) is 7.92. The number of nitrogens with zero attached hydrogens (tertiary/aromatic N) is 2. The summed E-state index contributed by atoms with van der Waals surface area (Å²) in [6, 6.07) is 15.1. The zero-order valence-electron chi connectivity index (χ0n) is 19.5. The average Bonchev–Trinajstić information content (AvgIpc) is 2.79. The minimum Gasteiger partial charge on any atom is -0.479 e. The molecule has 2 aromatic rings. The Hall–Kier alpha value is -3.55. The highest BCUT2D eigenvalue weighted by atomic mass is 16.5. The summed E-state index contributed by atoms with van der Waals surface area (Å²) in [5.41, 5.74) is 2.32. The van der Waals surface area contributed by atoms with E-state index in [1.807, 2.05) is 30.3 Å². The van der Waals surface area contributed by atoms with Crippen molar-refractivity contribution in [3.05, 3.63) is 48.5 Å². The van der Waals surface area contributed by atoms with E-state index in [9.17, 15) is 14.4 Å². The maximum absolute atomic E-state index is 12.5. The third-order valence-electron chi connectivity index (χ3n) is 5.42. The van der Waals surface area contributed by atoms with Gasteiger partial charge in [-0.1, -0.05) is 12.1 Å². The second-order valence-electron chi connectivity index (χ2n) is 8.10. The molecular weight excluding hydrogens is 422 g/mol. The molecular formula is C25H31N3O5. The summed E-state index contributed by atoms with van der Waals surface area (Å²) >= 11 is 0. The minimum absolute atomic E-state index is 0.0309. The van der Waals surface area contributed by atoms with Crippen LogP contribution in [-0.2, 0) is 19.1 Å². The molecule has 1 unspecified atom stereocenters. The van der Waals surface area contributed by atoms with Crippen molar-refractivity contribution in [3.63, 3.8) is 0 Å². The number of nitrogens with one attached hydrogen (secondary N) is 1. The highest BCUT2D eigenvalue weighted by molar-refractivity contribution is 6.00. The topological polar surface area (TPSA) is 88.2 Å². The van der Waals surface area contributed by atoms with Gasteiger partial charge in [0.05, 0.1) is 12.1 Å². The van der Waals surface area contributed by atoms with Gasteiger partial charge in [0.1, 0.15) is 5.75 Å². The molecule has 0 saturated heterocycles. The normalized spacial score (nSPS) is 15.0. The van der Waals surface area contributed by atoms with Crippen LogP contribution in [-0.4, -0.2) is 49.6 Å². The second-order valence-corrected chi connectivity index (χ2v) is 8.10. The first kappa shape index (κ1) is 24.1. The highest BCUT2D eigenvalue weighted by Gasteiger charge is 2.31. The SMILES string of the molecule is CCN(c1ccc(NC(=O)COC(=O)CCN2C(=O)C(C)Oc3ccccc32)cc1)C(C)C. The Labute approximate surface area is 194 Å². The van der Waals surface area contributed by atoms with Crippen LogP contribution in [0.3, 0.4) is 0 Å². The lowest BCUT2D eigenvalue weighted by Crippen LogP contribution is -2.45. The van der Waals surface area contributed by atoms with Crippen LogP contribution in [0.1, 0.15) is 34.1 Å². The molecule has 8 heteroatoms. The van der Waals surface area contributed by atoms with Gasteiger partial charge in [-0.3, -0.25) is 14.4 Å². The van der Waals surface area contributed by atoms with E-state index in [4.69, 9.17) is 9.47 Å². The molecule has 0 aliphatic carbocycles. The zero-order valence-corrected chi connectivity index (χ0v) is 19.5. The molecule has 0 spiro atoms. The van der Waals surface area contributed by atoms with Gasteiger partial charge in [-0.25, -0.2) is 0 Å². The predicted octanol–water partition coefficient (Wildman–Crippen LogP) is 3.61. The van der Waals surface area contributed by atoms with E-state index in [0.29, 0.717) is 23.2 Å². The molecule has 8 nitrogen and oxygen atoms in total. The number of rotatable bonds is 9. The fourth-order valence-electron chi connectivity index (χ4n) is 3.79. The molecule has 2 aromatic carbocycles. The molecule has 33 heavy (non-hydrogen) atoms. The quantitative estimate of drug-likeness (QED) is 0.584. The number of benzene rings is 2. The molecule has 1 aliphatic rings. The van der Waals surface area contributed by atoms with Crippen molar-refractivity contribution in [3.8, 4) is 5.75 Å². The highest BCUT2D eigenvalue weighted by Crippen LogP contribution is 2.33. The van der Waals surface area contributed by atoms with E-state index in [0.717, 1.165) is 12.2 Å². The lowest BCUT2D eigenvalue weighted by Gasteiger charge is -2.32. The molecule has 3 rings (SSSR count). The van der Waals surface area contributed by atoms with Crippen LogP contribution >= 0.6 is 0 Å². The molecule has 1 N–H and O–H groups in total. The summed E-state index contributed by atoms with van der Waals surface area (Å²) in [6.45, 7) is 8.66. The van der Waals surface area contributed by atoms with Gasteiger partial charge in [-0.15, -0.1) is 0 Å². The van der Waals surface area contributed by atoms with Crippen LogP contribution in [0.15, 0.2) is 48.5 Å². The molecule has 2 amide bonds. The van der Waals surface area contributed by atoms with Gasteiger partial charge >= 0.3 is 5.97 Å². The maximum Gasteiger partial charge on any atom is 0.308 e. The van der Waals surface area contributed by atoms with Crippen LogP contribution in [0.5, 0.6) is 5.75 Å². The predicted molar refractivity (Wildman–Crippen MR) is 128 cm³/mol. The third-order valence-corrected chi connectivity index (χ3v) is 5.42. The lowest BCUT2D eigenvalue weighted by molar-refractivity contribution is -0.147. The number of fused-ring (bicyclic) bond motifs is 1. The van der Waals surface area contributed by atoms with Crippen molar-refractivity contribution in [1.82, 2.24) is 0 Å². The van der Waals surface area contributed by atoms with E-state index in [2.05, 4.69) is 31.0 Å². The van der Waals surface area contributed by atoms with Gasteiger partial charge in [-0.05, 0) is 64.1 Å².